The normalized spacial score (nSPS) is 12.3. The lowest BCUT2D eigenvalue weighted by atomic mass is 10.1. The van der Waals surface area contributed by atoms with Gasteiger partial charge in [0.05, 0.1) is 19.4 Å². The van der Waals surface area contributed by atoms with Gasteiger partial charge in [-0.1, -0.05) is 0 Å². The number of methoxy groups -OCH3 is 1. The van der Waals surface area contributed by atoms with Crippen LogP contribution >= 0.6 is 0 Å². The van der Waals surface area contributed by atoms with Crippen LogP contribution in [-0.2, 0) is 17.8 Å². The summed E-state index contributed by atoms with van der Waals surface area (Å²) in [6.07, 6.45) is 1.76. The lowest BCUT2D eigenvalue weighted by Gasteiger charge is -2.21. The van der Waals surface area contributed by atoms with Gasteiger partial charge in [0.1, 0.15) is 5.76 Å². The Balaban J connectivity index is 2.49. The van der Waals surface area contributed by atoms with Crippen LogP contribution in [0.15, 0.2) is 16.7 Å². The Morgan fingerprint density at radius 3 is 2.72 bits per heavy atom. The van der Waals surface area contributed by atoms with Crippen molar-refractivity contribution in [2.75, 3.05) is 27.3 Å². The molecule has 1 aromatic heterocycles. The number of likely N-dealkylation sites (N-methyl/N-ethyl adjacent to an activating group) is 1. The third-order valence-electron chi connectivity index (χ3n) is 2.73. The van der Waals surface area contributed by atoms with Crippen LogP contribution in [0.2, 0.25) is 0 Å². The fraction of sp³-hybridized carbons (Fsp3) is 0.714. The molecule has 0 radical (unpaired) electrons. The van der Waals surface area contributed by atoms with Gasteiger partial charge in [0, 0.05) is 31.3 Å². The van der Waals surface area contributed by atoms with Crippen molar-refractivity contribution in [1.29, 1.82) is 0 Å². The third-order valence-corrected chi connectivity index (χ3v) is 2.73. The topological polar surface area (TPSA) is 37.6 Å². The van der Waals surface area contributed by atoms with E-state index in [1.165, 1.54) is 5.56 Å². The maximum atomic E-state index is 5.54. The average molecular weight is 254 g/mol. The predicted octanol–water partition coefficient (Wildman–Crippen LogP) is 2.25. The van der Waals surface area contributed by atoms with Crippen molar-refractivity contribution in [2.45, 2.75) is 39.4 Å². The van der Waals surface area contributed by atoms with Gasteiger partial charge in [0.25, 0.3) is 0 Å². The zero-order chi connectivity index (χ0) is 13.6. The Kier molecular flexibility index (Phi) is 5.85. The lowest BCUT2D eigenvalue weighted by molar-refractivity contribution is 0.158. The first kappa shape index (κ1) is 15.2. The number of nitrogens with zero attached hydrogens (tertiary/aromatic N) is 1. The maximum Gasteiger partial charge on any atom is 0.122 e. The van der Waals surface area contributed by atoms with E-state index >= 15 is 0 Å². The van der Waals surface area contributed by atoms with Gasteiger partial charge in [0.2, 0.25) is 0 Å². The molecular formula is C14H26N2O2. The van der Waals surface area contributed by atoms with E-state index < -0.39 is 0 Å². The average Bonchev–Trinajstić information content (AvgIpc) is 2.70. The summed E-state index contributed by atoms with van der Waals surface area (Å²) in [4.78, 5) is 2.23. The quantitative estimate of drug-likeness (QED) is 0.810. The van der Waals surface area contributed by atoms with Crippen LogP contribution in [0.1, 0.15) is 32.1 Å². The van der Waals surface area contributed by atoms with Gasteiger partial charge < -0.3 is 14.5 Å². The molecule has 0 spiro atoms. The first-order valence-electron chi connectivity index (χ1n) is 6.40. The van der Waals surface area contributed by atoms with E-state index in [9.17, 15) is 0 Å². The van der Waals surface area contributed by atoms with Crippen molar-refractivity contribution >= 4 is 0 Å². The molecule has 0 bridgehead atoms. The number of ether oxygens (including phenoxy) is 1. The summed E-state index contributed by atoms with van der Waals surface area (Å²) in [5, 5.41) is 3.44. The van der Waals surface area contributed by atoms with Gasteiger partial charge in [-0.2, -0.15) is 0 Å². The van der Waals surface area contributed by atoms with E-state index in [1.54, 1.807) is 13.4 Å². The molecule has 0 aliphatic carbocycles. The molecule has 0 aliphatic heterocycles. The van der Waals surface area contributed by atoms with Crippen LogP contribution in [0.3, 0.4) is 0 Å². The van der Waals surface area contributed by atoms with Crippen molar-refractivity contribution in [1.82, 2.24) is 10.2 Å². The molecule has 0 amide bonds. The van der Waals surface area contributed by atoms with E-state index in [1.807, 2.05) is 6.07 Å². The summed E-state index contributed by atoms with van der Waals surface area (Å²) >= 11 is 0. The van der Waals surface area contributed by atoms with Crippen molar-refractivity contribution in [3.63, 3.8) is 0 Å². The minimum atomic E-state index is 0.103. The van der Waals surface area contributed by atoms with Gasteiger partial charge in [-0.15, -0.1) is 0 Å². The Bertz CT molecular complexity index is 342. The minimum Gasteiger partial charge on any atom is -0.468 e. The summed E-state index contributed by atoms with van der Waals surface area (Å²) < 4.78 is 10.6. The highest BCUT2D eigenvalue weighted by Crippen LogP contribution is 2.14. The summed E-state index contributed by atoms with van der Waals surface area (Å²) in [7, 11) is 3.82. The monoisotopic (exact) mass is 254 g/mol. The van der Waals surface area contributed by atoms with E-state index in [0.29, 0.717) is 0 Å². The second kappa shape index (κ2) is 6.92. The highest BCUT2D eigenvalue weighted by atomic mass is 16.5. The zero-order valence-corrected chi connectivity index (χ0v) is 12.2. The maximum absolute atomic E-state index is 5.54. The number of furan rings is 1. The fourth-order valence-corrected chi connectivity index (χ4v) is 1.63. The van der Waals surface area contributed by atoms with Crippen molar-refractivity contribution in [2.24, 2.45) is 0 Å². The molecule has 1 heterocycles. The van der Waals surface area contributed by atoms with Gasteiger partial charge in [-0.3, -0.25) is 4.90 Å². The van der Waals surface area contributed by atoms with E-state index in [-0.39, 0.29) is 5.54 Å². The largest absolute Gasteiger partial charge is 0.468 e. The number of hydrogen-bond acceptors (Lipinski definition) is 4. The second-order valence-corrected chi connectivity index (χ2v) is 5.70. The Hall–Kier alpha value is -0.840. The van der Waals surface area contributed by atoms with Crippen LogP contribution < -0.4 is 5.32 Å². The summed E-state index contributed by atoms with van der Waals surface area (Å²) in [5.74, 6) is 1.02. The van der Waals surface area contributed by atoms with E-state index in [2.05, 4.69) is 38.0 Å². The molecule has 1 N–H and O–H groups in total. The third kappa shape index (κ3) is 5.67. The highest BCUT2D eigenvalue weighted by molar-refractivity contribution is 5.17. The van der Waals surface area contributed by atoms with Crippen LogP contribution in [0, 0.1) is 0 Å². The fourth-order valence-electron chi connectivity index (χ4n) is 1.63. The first-order chi connectivity index (χ1) is 8.42. The standard InChI is InChI=1S/C14H26N2O2/c1-14(2,3)15-10-13-12(6-8-18-13)11-16(4)7-9-17-5/h6,8,15H,7,9-11H2,1-5H3. The Morgan fingerprint density at radius 1 is 1.39 bits per heavy atom. The second-order valence-electron chi connectivity index (χ2n) is 5.70. The highest BCUT2D eigenvalue weighted by Gasteiger charge is 2.13. The molecular weight excluding hydrogens is 228 g/mol. The Labute approximate surface area is 110 Å². The van der Waals surface area contributed by atoms with Gasteiger partial charge in [0.15, 0.2) is 0 Å². The summed E-state index contributed by atoms with van der Waals surface area (Å²) in [6, 6.07) is 2.04. The van der Waals surface area contributed by atoms with Gasteiger partial charge in [-0.05, 0) is 33.9 Å². The van der Waals surface area contributed by atoms with Crippen LogP contribution in [-0.4, -0.2) is 37.7 Å². The van der Waals surface area contributed by atoms with Crippen LogP contribution in [0.25, 0.3) is 0 Å². The van der Waals surface area contributed by atoms with E-state index in [4.69, 9.17) is 9.15 Å². The lowest BCUT2D eigenvalue weighted by Crippen LogP contribution is -2.35. The van der Waals surface area contributed by atoms with Gasteiger partial charge >= 0.3 is 0 Å². The van der Waals surface area contributed by atoms with E-state index in [0.717, 1.165) is 32.0 Å². The molecule has 0 unspecified atom stereocenters. The molecule has 4 nitrogen and oxygen atoms in total. The minimum absolute atomic E-state index is 0.103. The van der Waals surface area contributed by atoms with Crippen molar-refractivity contribution in [3.8, 4) is 0 Å². The van der Waals surface area contributed by atoms with Gasteiger partial charge in [-0.25, -0.2) is 0 Å². The molecule has 1 aromatic rings. The predicted molar refractivity (Wildman–Crippen MR) is 73.5 cm³/mol. The Morgan fingerprint density at radius 2 is 2.11 bits per heavy atom. The summed E-state index contributed by atoms with van der Waals surface area (Å²) in [5.41, 5.74) is 1.34. The van der Waals surface area contributed by atoms with Crippen LogP contribution in [0.5, 0.6) is 0 Å². The molecule has 104 valence electrons. The molecule has 0 aliphatic rings. The molecule has 0 saturated heterocycles. The number of hydrogen-bond donors (Lipinski definition) is 1. The molecule has 18 heavy (non-hydrogen) atoms. The summed E-state index contributed by atoms with van der Waals surface area (Å²) in [6.45, 7) is 9.80. The molecule has 0 aromatic carbocycles. The molecule has 0 fully saturated rings. The smallest absolute Gasteiger partial charge is 0.122 e. The molecule has 0 saturated carbocycles. The molecule has 0 atom stereocenters. The zero-order valence-electron chi connectivity index (χ0n) is 12.2. The van der Waals surface area contributed by atoms with Crippen LogP contribution in [0.4, 0.5) is 0 Å². The molecule has 4 heteroatoms. The number of rotatable bonds is 7. The SMILES string of the molecule is COCCN(C)Cc1ccoc1CNC(C)(C)C. The number of nitrogens with one attached hydrogen (secondary N) is 1. The molecule has 1 rings (SSSR count). The van der Waals surface area contributed by atoms with Crippen molar-refractivity contribution in [3.05, 3.63) is 23.7 Å². The van der Waals surface area contributed by atoms with Crippen molar-refractivity contribution < 1.29 is 9.15 Å². The first-order valence-corrected chi connectivity index (χ1v) is 6.40.